The number of hydrazone groups is 1. The molecule has 1 fully saturated rings. The Balaban J connectivity index is 1.46. The van der Waals surface area contributed by atoms with Gasteiger partial charge >= 0.3 is 5.97 Å². The quantitative estimate of drug-likeness (QED) is 0.296. The number of benzene rings is 2. The van der Waals surface area contributed by atoms with Crippen LogP contribution in [0, 0.1) is 4.91 Å². The molecule has 158 valence electrons. The number of rotatable bonds is 8. The minimum Gasteiger partial charge on any atom is -0.477 e. The van der Waals surface area contributed by atoms with Gasteiger partial charge in [0.15, 0.2) is 0 Å². The number of carboxylic acid groups (broad SMARTS) is 1. The highest BCUT2D eigenvalue weighted by Crippen LogP contribution is 2.28. The molecule has 1 saturated heterocycles. The van der Waals surface area contributed by atoms with Gasteiger partial charge in [-0.05, 0) is 41.8 Å². The van der Waals surface area contributed by atoms with Crippen LogP contribution in [0.5, 0.6) is 0 Å². The van der Waals surface area contributed by atoms with Crippen LogP contribution in [0.2, 0.25) is 0 Å². The third-order valence-electron chi connectivity index (χ3n) is 5.12. The van der Waals surface area contributed by atoms with E-state index in [9.17, 15) is 14.8 Å². The van der Waals surface area contributed by atoms with Gasteiger partial charge in [0.1, 0.15) is 11.4 Å². The molecule has 3 aromatic rings. The van der Waals surface area contributed by atoms with E-state index in [1.807, 2.05) is 17.5 Å². The van der Waals surface area contributed by atoms with Crippen molar-refractivity contribution in [2.45, 2.75) is 19.3 Å². The normalized spacial score (nSPS) is 13.9. The summed E-state index contributed by atoms with van der Waals surface area (Å²) in [6.07, 6.45) is 2.44. The SMILES string of the molecule is O=Nc1ccccc1C/C(=N\Nc1nc(-c2ccc(N3CCCC3)cc2)cs1)C(=O)O. The van der Waals surface area contributed by atoms with Gasteiger partial charge in [-0.25, -0.2) is 9.78 Å². The summed E-state index contributed by atoms with van der Waals surface area (Å²) in [6.45, 7) is 2.20. The van der Waals surface area contributed by atoms with Crippen molar-refractivity contribution in [3.8, 4) is 11.3 Å². The molecular weight excluding hydrogens is 414 g/mol. The van der Waals surface area contributed by atoms with Crippen LogP contribution < -0.4 is 10.3 Å². The highest BCUT2D eigenvalue weighted by atomic mass is 32.1. The molecule has 1 aliphatic heterocycles. The van der Waals surface area contributed by atoms with Crippen LogP contribution >= 0.6 is 11.3 Å². The monoisotopic (exact) mass is 435 g/mol. The van der Waals surface area contributed by atoms with Gasteiger partial charge in [0.25, 0.3) is 0 Å². The lowest BCUT2D eigenvalue weighted by atomic mass is 10.1. The Hall–Kier alpha value is -3.59. The highest BCUT2D eigenvalue weighted by molar-refractivity contribution is 7.14. The molecular formula is C22H21N5O3S. The van der Waals surface area contributed by atoms with Crippen LogP contribution in [0.25, 0.3) is 11.3 Å². The van der Waals surface area contributed by atoms with E-state index < -0.39 is 5.97 Å². The second-order valence-electron chi connectivity index (χ2n) is 7.15. The Morgan fingerprint density at radius 3 is 2.58 bits per heavy atom. The van der Waals surface area contributed by atoms with Crippen molar-refractivity contribution in [3.05, 3.63) is 64.4 Å². The Morgan fingerprint density at radius 1 is 1.13 bits per heavy atom. The third kappa shape index (κ3) is 4.95. The molecule has 0 saturated carbocycles. The molecule has 0 aliphatic carbocycles. The average molecular weight is 436 g/mol. The van der Waals surface area contributed by atoms with E-state index in [2.05, 4.69) is 37.7 Å². The zero-order valence-corrected chi connectivity index (χ0v) is 17.5. The minimum atomic E-state index is -1.18. The summed E-state index contributed by atoms with van der Waals surface area (Å²) < 4.78 is 0. The number of nitroso groups, excluding NO2 is 1. The van der Waals surface area contributed by atoms with E-state index in [1.165, 1.54) is 35.9 Å². The van der Waals surface area contributed by atoms with E-state index >= 15 is 0 Å². The Morgan fingerprint density at radius 2 is 1.87 bits per heavy atom. The van der Waals surface area contributed by atoms with Crippen LogP contribution in [0.1, 0.15) is 18.4 Å². The molecule has 0 unspecified atom stereocenters. The first-order valence-corrected chi connectivity index (χ1v) is 10.8. The van der Waals surface area contributed by atoms with Crippen molar-refractivity contribution < 1.29 is 9.90 Å². The molecule has 0 spiro atoms. The van der Waals surface area contributed by atoms with Crippen molar-refractivity contribution in [1.82, 2.24) is 4.98 Å². The average Bonchev–Trinajstić information content (AvgIpc) is 3.49. The van der Waals surface area contributed by atoms with Crippen molar-refractivity contribution in [1.29, 1.82) is 0 Å². The summed E-state index contributed by atoms with van der Waals surface area (Å²) in [4.78, 5) is 29.4. The van der Waals surface area contributed by atoms with Crippen LogP contribution in [0.4, 0.5) is 16.5 Å². The van der Waals surface area contributed by atoms with Crippen molar-refractivity contribution in [3.63, 3.8) is 0 Å². The summed E-state index contributed by atoms with van der Waals surface area (Å²) in [7, 11) is 0. The van der Waals surface area contributed by atoms with Gasteiger partial charge in [0.05, 0.1) is 5.69 Å². The number of hydrogen-bond acceptors (Lipinski definition) is 8. The van der Waals surface area contributed by atoms with Gasteiger partial charge in [-0.1, -0.05) is 30.3 Å². The Labute approximate surface area is 183 Å². The maximum atomic E-state index is 11.6. The summed E-state index contributed by atoms with van der Waals surface area (Å²) in [5, 5.41) is 18.8. The fraction of sp³-hybridized carbons (Fsp3) is 0.227. The van der Waals surface area contributed by atoms with Gasteiger partial charge in [-0.3, -0.25) is 5.43 Å². The fourth-order valence-electron chi connectivity index (χ4n) is 3.48. The third-order valence-corrected chi connectivity index (χ3v) is 5.87. The van der Waals surface area contributed by atoms with Crippen LogP contribution in [-0.4, -0.2) is 34.9 Å². The molecule has 8 nitrogen and oxygen atoms in total. The first-order chi connectivity index (χ1) is 15.1. The second kappa shape index (κ2) is 9.48. The van der Waals surface area contributed by atoms with Crippen LogP contribution in [0.15, 0.2) is 64.2 Å². The lowest BCUT2D eigenvalue weighted by Gasteiger charge is -2.17. The Kier molecular flexibility index (Phi) is 6.32. The smallest absolute Gasteiger partial charge is 0.352 e. The van der Waals surface area contributed by atoms with Gasteiger partial charge in [-0.2, -0.15) is 5.10 Å². The summed E-state index contributed by atoms with van der Waals surface area (Å²) in [5.41, 5.74) is 6.29. The maximum absolute atomic E-state index is 11.6. The van der Waals surface area contributed by atoms with Crippen molar-refractivity contribution in [2.24, 2.45) is 10.3 Å². The lowest BCUT2D eigenvalue weighted by Crippen LogP contribution is -2.17. The highest BCUT2D eigenvalue weighted by Gasteiger charge is 2.15. The summed E-state index contributed by atoms with van der Waals surface area (Å²) in [5.74, 6) is -1.18. The number of nitrogens with zero attached hydrogens (tertiary/aromatic N) is 4. The number of carboxylic acids is 1. The number of carbonyl (C=O) groups is 1. The van der Waals surface area contributed by atoms with Gasteiger partial charge in [0, 0.05) is 36.1 Å². The lowest BCUT2D eigenvalue weighted by molar-refractivity contribution is -0.129. The van der Waals surface area contributed by atoms with E-state index in [4.69, 9.17) is 0 Å². The molecule has 0 bridgehead atoms. The van der Waals surface area contributed by atoms with Gasteiger partial charge in [-0.15, -0.1) is 16.2 Å². The van der Waals surface area contributed by atoms with E-state index in [0.29, 0.717) is 10.7 Å². The first-order valence-electron chi connectivity index (χ1n) is 9.92. The molecule has 2 aromatic carbocycles. The predicted molar refractivity (Wildman–Crippen MR) is 123 cm³/mol. The number of nitrogens with one attached hydrogen (secondary N) is 1. The van der Waals surface area contributed by atoms with E-state index in [0.717, 1.165) is 24.3 Å². The number of hydrogen-bond donors (Lipinski definition) is 2. The van der Waals surface area contributed by atoms with Crippen molar-refractivity contribution >= 4 is 39.5 Å². The molecule has 1 aromatic heterocycles. The van der Waals surface area contributed by atoms with Gasteiger partial charge < -0.3 is 10.0 Å². The number of anilines is 2. The van der Waals surface area contributed by atoms with Gasteiger partial charge in [0.2, 0.25) is 5.13 Å². The molecule has 4 rings (SSSR count). The summed E-state index contributed by atoms with van der Waals surface area (Å²) >= 11 is 1.34. The number of aromatic nitrogens is 1. The minimum absolute atomic E-state index is 0.0273. The molecule has 1 aliphatic rings. The molecule has 0 amide bonds. The van der Waals surface area contributed by atoms with E-state index in [-0.39, 0.29) is 17.8 Å². The zero-order valence-electron chi connectivity index (χ0n) is 16.7. The first kappa shape index (κ1) is 20.7. The predicted octanol–water partition coefficient (Wildman–Crippen LogP) is 4.90. The van der Waals surface area contributed by atoms with Crippen LogP contribution in [-0.2, 0) is 11.2 Å². The second-order valence-corrected chi connectivity index (χ2v) is 8.01. The van der Waals surface area contributed by atoms with Crippen LogP contribution in [0.3, 0.4) is 0 Å². The number of thiazole rings is 1. The van der Waals surface area contributed by atoms with E-state index in [1.54, 1.807) is 18.2 Å². The maximum Gasteiger partial charge on any atom is 0.352 e. The largest absolute Gasteiger partial charge is 0.477 e. The molecule has 0 atom stereocenters. The summed E-state index contributed by atoms with van der Waals surface area (Å²) in [6, 6.07) is 14.9. The molecule has 2 N–H and O–H groups in total. The standard InChI is InChI=1S/C22H21N5O3S/c28-21(29)19(13-16-5-1-2-6-18(16)26-30)24-25-22-23-20(14-31-22)15-7-9-17(10-8-15)27-11-3-4-12-27/h1-2,5-10,14H,3-4,11-13H2,(H,23,25)(H,28,29)/b24-19+. The zero-order chi connectivity index (χ0) is 21.6. The topological polar surface area (TPSA) is 107 Å². The Bertz CT molecular complexity index is 1100. The molecule has 9 heteroatoms. The fourth-order valence-corrected chi connectivity index (χ4v) is 4.15. The van der Waals surface area contributed by atoms with Crippen molar-refractivity contribution in [2.75, 3.05) is 23.4 Å². The molecule has 31 heavy (non-hydrogen) atoms. The number of aliphatic carboxylic acids is 1. The molecule has 0 radical (unpaired) electrons. The molecule has 2 heterocycles.